The molecule has 1 amide bonds. The zero-order chi connectivity index (χ0) is 20.5. The highest BCUT2D eigenvalue weighted by Gasteiger charge is 2.30. The third kappa shape index (κ3) is 4.17. The van der Waals surface area contributed by atoms with Gasteiger partial charge < -0.3 is 5.32 Å². The van der Waals surface area contributed by atoms with Crippen LogP contribution in [0.25, 0.3) is 5.69 Å². The molecule has 0 saturated heterocycles. The zero-order valence-electron chi connectivity index (χ0n) is 14.5. The Bertz CT molecular complexity index is 996. The van der Waals surface area contributed by atoms with Crippen molar-refractivity contribution in [3.8, 4) is 5.69 Å². The van der Waals surface area contributed by atoms with E-state index in [1.165, 1.54) is 41.1 Å². The normalized spacial score (nSPS) is 11.5. The minimum absolute atomic E-state index is 0.0223. The summed E-state index contributed by atoms with van der Waals surface area (Å²) in [5.74, 6) is -0.936. The number of hydrogen-bond acceptors (Lipinski definition) is 2. The zero-order valence-corrected chi connectivity index (χ0v) is 15.3. The fourth-order valence-electron chi connectivity index (χ4n) is 2.59. The molecule has 28 heavy (non-hydrogen) atoms. The van der Waals surface area contributed by atoms with E-state index in [1.54, 1.807) is 6.92 Å². The van der Waals surface area contributed by atoms with Crippen molar-refractivity contribution in [3.05, 3.63) is 81.9 Å². The maximum Gasteiger partial charge on any atom is 0.416 e. The number of nitrogens with one attached hydrogen (secondary N) is 1. The van der Waals surface area contributed by atoms with Crippen LogP contribution >= 0.6 is 11.6 Å². The first kappa shape index (κ1) is 19.9. The molecule has 2 aromatic carbocycles. The number of carbonyl (C=O) groups excluding carboxylic acids is 1. The predicted molar refractivity (Wildman–Crippen MR) is 95.9 cm³/mol. The lowest BCUT2D eigenvalue weighted by molar-refractivity contribution is -0.137. The summed E-state index contributed by atoms with van der Waals surface area (Å²) in [5.41, 5.74) is 0.719. The molecule has 0 aliphatic carbocycles. The van der Waals surface area contributed by atoms with Crippen molar-refractivity contribution >= 4 is 17.5 Å². The van der Waals surface area contributed by atoms with Crippen LogP contribution in [0.3, 0.4) is 0 Å². The van der Waals surface area contributed by atoms with Crippen molar-refractivity contribution < 1.29 is 22.4 Å². The van der Waals surface area contributed by atoms with Crippen molar-refractivity contribution in [1.29, 1.82) is 0 Å². The third-order valence-electron chi connectivity index (χ3n) is 4.04. The number of benzene rings is 2. The highest BCUT2D eigenvalue weighted by Crippen LogP contribution is 2.29. The van der Waals surface area contributed by atoms with Crippen molar-refractivity contribution in [3.63, 3.8) is 0 Å². The van der Waals surface area contributed by atoms with Crippen LogP contribution in [0.2, 0.25) is 5.15 Å². The van der Waals surface area contributed by atoms with E-state index in [9.17, 15) is 22.4 Å². The molecule has 0 fully saturated rings. The number of alkyl halides is 3. The van der Waals surface area contributed by atoms with Crippen LogP contribution in [0.5, 0.6) is 0 Å². The maximum atomic E-state index is 13.1. The molecule has 0 spiro atoms. The van der Waals surface area contributed by atoms with E-state index < -0.39 is 23.5 Å². The van der Waals surface area contributed by atoms with Gasteiger partial charge in [0.05, 0.1) is 22.5 Å². The van der Waals surface area contributed by atoms with Gasteiger partial charge in [0.15, 0.2) is 0 Å². The second-order valence-electron chi connectivity index (χ2n) is 6.02. The summed E-state index contributed by atoms with van der Waals surface area (Å²) in [7, 11) is 0. The number of rotatable bonds is 4. The molecule has 1 aromatic heterocycles. The van der Waals surface area contributed by atoms with Crippen LogP contribution in [-0.2, 0) is 12.7 Å². The largest absolute Gasteiger partial charge is 0.416 e. The Labute approximate surface area is 162 Å². The van der Waals surface area contributed by atoms with Crippen LogP contribution in [0.15, 0.2) is 48.5 Å². The number of amides is 1. The molecule has 9 heteroatoms. The molecule has 146 valence electrons. The molecule has 0 saturated carbocycles. The molecule has 0 aliphatic heterocycles. The fraction of sp³-hybridized carbons (Fsp3) is 0.158. The van der Waals surface area contributed by atoms with E-state index >= 15 is 0 Å². The first-order chi connectivity index (χ1) is 13.2. The molecule has 0 bridgehead atoms. The third-order valence-corrected chi connectivity index (χ3v) is 4.39. The summed E-state index contributed by atoms with van der Waals surface area (Å²) >= 11 is 6.27. The number of aromatic nitrogens is 2. The summed E-state index contributed by atoms with van der Waals surface area (Å²) in [6, 6.07) is 9.91. The molecule has 0 unspecified atom stereocenters. The molecule has 3 rings (SSSR count). The summed E-state index contributed by atoms with van der Waals surface area (Å²) < 4.78 is 52.2. The van der Waals surface area contributed by atoms with Crippen LogP contribution in [0, 0.1) is 12.7 Å². The van der Waals surface area contributed by atoms with Crippen molar-refractivity contribution in [2.75, 3.05) is 0 Å². The van der Waals surface area contributed by atoms with Crippen LogP contribution in [0.1, 0.15) is 27.2 Å². The highest BCUT2D eigenvalue weighted by molar-refractivity contribution is 6.33. The Morgan fingerprint density at radius 2 is 1.71 bits per heavy atom. The molecular weight excluding hydrogens is 398 g/mol. The SMILES string of the molecule is Cc1nn(-c2ccc(F)cc2)c(Cl)c1C(=O)NCc1ccc(C(F)(F)F)cc1. The maximum absolute atomic E-state index is 13.1. The summed E-state index contributed by atoms with van der Waals surface area (Å²) in [6.45, 7) is 1.62. The van der Waals surface area contributed by atoms with Crippen LogP contribution in [0.4, 0.5) is 17.6 Å². The number of hydrogen-bond donors (Lipinski definition) is 1. The molecular formula is C19H14ClF4N3O. The quantitative estimate of drug-likeness (QED) is 0.619. The first-order valence-corrected chi connectivity index (χ1v) is 8.50. The van der Waals surface area contributed by atoms with Crippen LogP contribution in [-0.4, -0.2) is 15.7 Å². The molecule has 0 atom stereocenters. The topological polar surface area (TPSA) is 46.9 Å². The standard InChI is InChI=1S/C19H14ClF4N3O/c1-11-16(17(20)27(26-11)15-8-6-14(21)7-9-15)18(28)25-10-12-2-4-13(5-3-12)19(22,23)24/h2-9H,10H2,1H3,(H,25,28). The Kier molecular flexibility index (Phi) is 5.42. The first-order valence-electron chi connectivity index (χ1n) is 8.12. The van der Waals surface area contributed by atoms with Gasteiger partial charge >= 0.3 is 6.18 Å². The average Bonchev–Trinajstić information content (AvgIpc) is 2.94. The molecule has 0 radical (unpaired) electrons. The van der Waals surface area contributed by atoms with Gasteiger partial charge in [0.2, 0.25) is 0 Å². The van der Waals surface area contributed by atoms with Gasteiger partial charge in [0, 0.05) is 6.54 Å². The molecule has 1 heterocycles. The number of nitrogens with zero attached hydrogens (tertiary/aromatic N) is 2. The Morgan fingerprint density at radius 1 is 1.11 bits per heavy atom. The van der Waals surface area contributed by atoms with Gasteiger partial charge in [-0.2, -0.15) is 18.3 Å². The smallest absolute Gasteiger partial charge is 0.348 e. The minimum Gasteiger partial charge on any atom is -0.348 e. The van der Waals surface area contributed by atoms with E-state index in [2.05, 4.69) is 10.4 Å². The van der Waals surface area contributed by atoms with Gasteiger partial charge in [-0.05, 0) is 48.9 Å². The van der Waals surface area contributed by atoms with E-state index in [-0.39, 0.29) is 17.3 Å². The highest BCUT2D eigenvalue weighted by atomic mass is 35.5. The fourth-order valence-corrected chi connectivity index (χ4v) is 2.95. The number of aryl methyl sites for hydroxylation is 1. The number of halogens is 5. The van der Waals surface area contributed by atoms with Gasteiger partial charge in [-0.25, -0.2) is 9.07 Å². The van der Waals surface area contributed by atoms with Crippen molar-refractivity contribution in [2.45, 2.75) is 19.6 Å². The summed E-state index contributed by atoms with van der Waals surface area (Å²) in [6.07, 6.45) is -4.42. The van der Waals surface area contributed by atoms with Crippen molar-refractivity contribution in [1.82, 2.24) is 15.1 Å². The molecule has 4 nitrogen and oxygen atoms in total. The van der Waals surface area contributed by atoms with Crippen LogP contribution < -0.4 is 5.32 Å². The Hall–Kier alpha value is -2.87. The molecule has 1 N–H and O–H groups in total. The van der Waals surface area contributed by atoms with E-state index in [0.29, 0.717) is 16.9 Å². The van der Waals surface area contributed by atoms with Gasteiger partial charge in [0.1, 0.15) is 11.0 Å². The van der Waals surface area contributed by atoms with Gasteiger partial charge in [0.25, 0.3) is 5.91 Å². The van der Waals surface area contributed by atoms with Gasteiger partial charge in [-0.1, -0.05) is 23.7 Å². The van der Waals surface area contributed by atoms with Gasteiger partial charge in [-0.3, -0.25) is 4.79 Å². The van der Waals surface area contributed by atoms with E-state index in [4.69, 9.17) is 11.6 Å². The predicted octanol–water partition coefficient (Wildman–Crippen LogP) is 4.92. The lowest BCUT2D eigenvalue weighted by atomic mass is 10.1. The molecule has 3 aromatic rings. The van der Waals surface area contributed by atoms with E-state index in [0.717, 1.165) is 12.1 Å². The lowest BCUT2D eigenvalue weighted by Gasteiger charge is -2.09. The second kappa shape index (κ2) is 7.63. The number of carbonyl (C=O) groups is 1. The summed E-state index contributed by atoms with van der Waals surface area (Å²) in [4.78, 5) is 12.5. The average molecular weight is 412 g/mol. The Morgan fingerprint density at radius 3 is 2.29 bits per heavy atom. The lowest BCUT2D eigenvalue weighted by Crippen LogP contribution is -2.23. The Balaban J connectivity index is 1.75. The van der Waals surface area contributed by atoms with Gasteiger partial charge in [-0.15, -0.1) is 0 Å². The summed E-state index contributed by atoms with van der Waals surface area (Å²) in [5, 5.41) is 6.86. The second-order valence-corrected chi connectivity index (χ2v) is 6.37. The molecule has 0 aliphatic rings. The van der Waals surface area contributed by atoms with Crippen molar-refractivity contribution in [2.24, 2.45) is 0 Å². The monoisotopic (exact) mass is 411 g/mol. The van der Waals surface area contributed by atoms with E-state index in [1.807, 2.05) is 0 Å². The minimum atomic E-state index is -4.42.